The zero-order valence-corrected chi connectivity index (χ0v) is 11.4. The Hall–Kier alpha value is -1.59. The monoisotopic (exact) mass is 282 g/mol. The molecule has 4 nitrogen and oxygen atoms in total. The molecule has 0 unspecified atom stereocenters. The van der Waals surface area contributed by atoms with Crippen molar-refractivity contribution in [1.82, 2.24) is 4.98 Å². The Kier molecular flexibility index (Phi) is 3.54. The molecule has 94 valence electrons. The lowest BCUT2D eigenvalue weighted by Gasteiger charge is -2.07. The summed E-state index contributed by atoms with van der Waals surface area (Å²) in [6.45, 7) is 3.88. The molecule has 0 aliphatic rings. The number of benzene rings is 1. The van der Waals surface area contributed by atoms with Crippen molar-refractivity contribution in [3.63, 3.8) is 0 Å². The molecule has 18 heavy (non-hydrogen) atoms. The van der Waals surface area contributed by atoms with Crippen molar-refractivity contribution in [2.45, 2.75) is 13.8 Å². The number of aryl methyl sites for hydroxylation is 2. The summed E-state index contributed by atoms with van der Waals surface area (Å²) in [5.41, 5.74) is 1.56. The molecule has 2 aromatic rings. The van der Waals surface area contributed by atoms with Crippen molar-refractivity contribution in [2.24, 2.45) is 0 Å². The van der Waals surface area contributed by atoms with Gasteiger partial charge in [0.15, 0.2) is 5.13 Å². The summed E-state index contributed by atoms with van der Waals surface area (Å²) in [7, 11) is 0. The maximum atomic E-state index is 11.1. The number of aromatic carboxylic acids is 1. The Morgan fingerprint density at radius 3 is 2.72 bits per heavy atom. The third kappa shape index (κ3) is 2.63. The third-order valence-corrected chi connectivity index (χ3v) is 3.71. The van der Waals surface area contributed by atoms with Crippen LogP contribution in [0.5, 0.6) is 0 Å². The minimum atomic E-state index is -1.02. The van der Waals surface area contributed by atoms with Crippen LogP contribution in [-0.2, 0) is 0 Å². The van der Waals surface area contributed by atoms with Crippen LogP contribution in [0.3, 0.4) is 0 Å². The van der Waals surface area contributed by atoms with Crippen molar-refractivity contribution < 1.29 is 9.90 Å². The lowest BCUT2D eigenvalue weighted by atomic mass is 10.2. The van der Waals surface area contributed by atoms with Gasteiger partial charge in [-0.15, -0.1) is 11.3 Å². The molecule has 0 spiro atoms. The van der Waals surface area contributed by atoms with E-state index in [1.807, 2.05) is 13.8 Å². The van der Waals surface area contributed by atoms with Gasteiger partial charge in [-0.2, -0.15) is 0 Å². The second-order valence-electron chi connectivity index (χ2n) is 3.78. The Balaban J connectivity index is 2.36. The van der Waals surface area contributed by atoms with E-state index in [2.05, 4.69) is 10.3 Å². The van der Waals surface area contributed by atoms with Crippen molar-refractivity contribution in [3.05, 3.63) is 39.4 Å². The number of anilines is 2. The van der Waals surface area contributed by atoms with E-state index >= 15 is 0 Å². The highest BCUT2D eigenvalue weighted by atomic mass is 35.5. The van der Waals surface area contributed by atoms with E-state index in [0.717, 1.165) is 10.6 Å². The molecule has 0 aliphatic heterocycles. The van der Waals surface area contributed by atoms with Gasteiger partial charge in [0.05, 0.1) is 16.9 Å². The van der Waals surface area contributed by atoms with E-state index in [1.54, 1.807) is 12.1 Å². The van der Waals surface area contributed by atoms with E-state index in [9.17, 15) is 4.79 Å². The van der Waals surface area contributed by atoms with E-state index in [4.69, 9.17) is 16.7 Å². The predicted molar refractivity (Wildman–Crippen MR) is 73.3 cm³/mol. The standard InChI is InChI=1S/C12H11ClN2O2S/c1-6-7(2)18-12(14-6)15-10-4-3-8(13)5-9(10)11(16)17/h3-5H,1-2H3,(H,14,15)(H,16,17). The molecule has 1 aromatic heterocycles. The van der Waals surface area contributed by atoms with Gasteiger partial charge in [-0.25, -0.2) is 9.78 Å². The maximum Gasteiger partial charge on any atom is 0.337 e. The first-order valence-corrected chi connectivity index (χ1v) is 6.40. The van der Waals surface area contributed by atoms with E-state index in [1.165, 1.54) is 17.4 Å². The number of carboxylic acid groups (broad SMARTS) is 1. The van der Waals surface area contributed by atoms with E-state index < -0.39 is 5.97 Å². The molecule has 6 heteroatoms. The fourth-order valence-corrected chi connectivity index (χ4v) is 2.44. The number of thiazole rings is 1. The summed E-state index contributed by atoms with van der Waals surface area (Å²) in [6.07, 6.45) is 0. The van der Waals surface area contributed by atoms with Crippen LogP contribution in [0.15, 0.2) is 18.2 Å². The topological polar surface area (TPSA) is 62.2 Å². The number of carbonyl (C=O) groups is 1. The molecule has 0 amide bonds. The fraction of sp³-hybridized carbons (Fsp3) is 0.167. The first kappa shape index (κ1) is 12.9. The lowest BCUT2D eigenvalue weighted by molar-refractivity contribution is 0.0698. The number of carboxylic acids is 1. The minimum Gasteiger partial charge on any atom is -0.478 e. The molecule has 2 N–H and O–H groups in total. The number of halogens is 1. The van der Waals surface area contributed by atoms with E-state index in [-0.39, 0.29) is 5.56 Å². The summed E-state index contributed by atoms with van der Waals surface area (Å²) in [5, 5.41) is 13.2. The van der Waals surface area contributed by atoms with Crippen LogP contribution in [0, 0.1) is 13.8 Å². The van der Waals surface area contributed by atoms with Gasteiger partial charge in [-0.1, -0.05) is 11.6 Å². The Morgan fingerprint density at radius 1 is 1.44 bits per heavy atom. The normalized spacial score (nSPS) is 10.4. The smallest absolute Gasteiger partial charge is 0.337 e. The molecule has 0 aliphatic carbocycles. The number of hydrogen-bond donors (Lipinski definition) is 2. The molecule has 0 saturated carbocycles. The van der Waals surface area contributed by atoms with Crippen molar-refractivity contribution in [2.75, 3.05) is 5.32 Å². The molecule has 0 atom stereocenters. The van der Waals surface area contributed by atoms with Crippen LogP contribution in [-0.4, -0.2) is 16.1 Å². The Morgan fingerprint density at radius 2 is 2.17 bits per heavy atom. The Bertz CT molecular complexity index is 591. The average Bonchev–Trinajstić information content (AvgIpc) is 2.60. The summed E-state index contributed by atoms with van der Waals surface area (Å²) in [6, 6.07) is 4.70. The summed E-state index contributed by atoms with van der Waals surface area (Å²) < 4.78 is 0. The number of hydrogen-bond acceptors (Lipinski definition) is 4. The highest BCUT2D eigenvalue weighted by Gasteiger charge is 2.12. The second kappa shape index (κ2) is 4.96. The highest BCUT2D eigenvalue weighted by Crippen LogP contribution is 2.28. The molecular formula is C12H11ClN2O2S. The van der Waals surface area contributed by atoms with E-state index in [0.29, 0.717) is 15.8 Å². The summed E-state index contributed by atoms with van der Waals surface area (Å²) in [4.78, 5) is 16.5. The number of aromatic nitrogens is 1. The largest absolute Gasteiger partial charge is 0.478 e. The molecular weight excluding hydrogens is 272 g/mol. The molecule has 1 aromatic carbocycles. The molecule has 0 saturated heterocycles. The Labute approximate surface area is 113 Å². The summed E-state index contributed by atoms with van der Waals surface area (Å²) >= 11 is 7.27. The zero-order valence-electron chi connectivity index (χ0n) is 9.82. The minimum absolute atomic E-state index is 0.132. The zero-order chi connectivity index (χ0) is 13.3. The number of rotatable bonds is 3. The molecule has 2 rings (SSSR count). The van der Waals surface area contributed by atoms with Crippen LogP contribution in [0.1, 0.15) is 20.9 Å². The first-order valence-electron chi connectivity index (χ1n) is 5.21. The molecule has 0 bridgehead atoms. The van der Waals surface area contributed by atoms with Gasteiger partial charge >= 0.3 is 5.97 Å². The van der Waals surface area contributed by atoms with Gasteiger partial charge in [-0.05, 0) is 32.0 Å². The molecule has 0 radical (unpaired) electrons. The van der Waals surface area contributed by atoms with Gasteiger partial charge < -0.3 is 10.4 Å². The maximum absolute atomic E-state index is 11.1. The SMILES string of the molecule is Cc1nc(Nc2ccc(Cl)cc2C(=O)O)sc1C. The van der Waals surface area contributed by atoms with Gasteiger partial charge in [-0.3, -0.25) is 0 Å². The van der Waals surface area contributed by atoms with Crippen LogP contribution < -0.4 is 5.32 Å². The second-order valence-corrected chi connectivity index (χ2v) is 5.42. The van der Waals surface area contributed by atoms with Gasteiger partial charge in [0.1, 0.15) is 0 Å². The quantitative estimate of drug-likeness (QED) is 0.897. The highest BCUT2D eigenvalue weighted by molar-refractivity contribution is 7.15. The van der Waals surface area contributed by atoms with Crippen molar-refractivity contribution in [3.8, 4) is 0 Å². The van der Waals surface area contributed by atoms with Crippen molar-refractivity contribution >= 4 is 39.7 Å². The van der Waals surface area contributed by atoms with Gasteiger partial charge in [0.25, 0.3) is 0 Å². The fourth-order valence-electron chi connectivity index (χ4n) is 1.44. The number of nitrogens with zero attached hydrogens (tertiary/aromatic N) is 1. The average molecular weight is 283 g/mol. The van der Waals surface area contributed by atoms with Gasteiger partial charge in [0.2, 0.25) is 0 Å². The van der Waals surface area contributed by atoms with Crippen molar-refractivity contribution in [1.29, 1.82) is 0 Å². The van der Waals surface area contributed by atoms with Gasteiger partial charge in [0, 0.05) is 9.90 Å². The van der Waals surface area contributed by atoms with Crippen LogP contribution >= 0.6 is 22.9 Å². The summed E-state index contributed by atoms with van der Waals surface area (Å²) in [5.74, 6) is -1.02. The molecule has 0 fully saturated rings. The first-order chi connectivity index (χ1) is 8.47. The van der Waals surface area contributed by atoms with Crippen LogP contribution in [0.4, 0.5) is 10.8 Å². The predicted octanol–water partition coefficient (Wildman–Crippen LogP) is 3.86. The molecule has 1 heterocycles. The number of nitrogens with one attached hydrogen (secondary N) is 1. The van der Waals surface area contributed by atoms with Crippen LogP contribution in [0.25, 0.3) is 0 Å². The lowest BCUT2D eigenvalue weighted by Crippen LogP contribution is -2.02. The van der Waals surface area contributed by atoms with Crippen LogP contribution in [0.2, 0.25) is 5.02 Å². The third-order valence-electron chi connectivity index (χ3n) is 2.48.